The number of anilines is 1. The highest BCUT2D eigenvalue weighted by atomic mass is 32.2. The van der Waals surface area contributed by atoms with Gasteiger partial charge < -0.3 is 5.32 Å². The molecule has 150 valence electrons. The summed E-state index contributed by atoms with van der Waals surface area (Å²) in [6.45, 7) is 0.225. The zero-order valence-corrected chi connectivity index (χ0v) is 16.0. The van der Waals surface area contributed by atoms with Crippen LogP contribution in [0.2, 0.25) is 0 Å². The van der Waals surface area contributed by atoms with Gasteiger partial charge in [-0.15, -0.1) is 5.10 Å². The van der Waals surface area contributed by atoms with E-state index in [0.29, 0.717) is 24.2 Å². The second-order valence-corrected chi connectivity index (χ2v) is 8.41. The van der Waals surface area contributed by atoms with Crippen molar-refractivity contribution in [1.29, 1.82) is 0 Å². The van der Waals surface area contributed by atoms with Crippen molar-refractivity contribution in [1.82, 2.24) is 24.5 Å². The van der Waals surface area contributed by atoms with E-state index in [9.17, 15) is 17.6 Å². The minimum atomic E-state index is -3.91. The average molecular weight is 416 g/mol. The fourth-order valence-corrected chi connectivity index (χ4v) is 4.92. The van der Waals surface area contributed by atoms with Gasteiger partial charge in [0.2, 0.25) is 15.9 Å². The fraction of sp³-hybridized carbons (Fsp3) is 0.222. The Hall–Kier alpha value is -3.18. The van der Waals surface area contributed by atoms with Crippen molar-refractivity contribution in [2.45, 2.75) is 23.8 Å². The average Bonchev–Trinajstić information content (AvgIpc) is 3.41. The van der Waals surface area contributed by atoms with Gasteiger partial charge in [-0.3, -0.25) is 4.79 Å². The first kappa shape index (κ1) is 19.2. The molecule has 1 N–H and O–H groups in total. The molecule has 0 bridgehead atoms. The van der Waals surface area contributed by atoms with Crippen molar-refractivity contribution < 1.29 is 17.6 Å². The van der Waals surface area contributed by atoms with Crippen molar-refractivity contribution in [3.63, 3.8) is 0 Å². The van der Waals surface area contributed by atoms with Gasteiger partial charge in [0, 0.05) is 12.2 Å². The number of aromatic nitrogens is 4. The van der Waals surface area contributed by atoms with Crippen LogP contribution in [0.3, 0.4) is 0 Å². The second-order valence-electron chi connectivity index (χ2n) is 6.52. The summed E-state index contributed by atoms with van der Waals surface area (Å²) < 4.78 is 41.6. The summed E-state index contributed by atoms with van der Waals surface area (Å²) in [5.74, 6) is -0.954. The number of amides is 1. The summed E-state index contributed by atoms with van der Waals surface area (Å²) in [5, 5.41) is 13.7. The molecule has 2 heterocycles. The van der Waals surface area contributed by atoms with Crippen molar-refractivity contribution in [2.75, 3.05) is 11.9 Å². The number of carbonyl (C=O) groups is 1. The van der Waals surface area contributed by atoms with Crippen molar-refractivity contribution in [3.05, 3.63) is 60.7 Å². The Balaban J connectivity index is 1.54. The highest BCUT2D eigenvalue weighted by molar-refractivity contribution is 7.89. The molecular weight excluding hydrogens is 399 g/mol. The fourth-order valence-electron chi connectivity index (χ4n) is 3.26. The molecule has 1 aromatic heterocycles. The Morgan fingerprint density at radius 2 is 1.97 bits per heavy atom. The van der Waals surface area contributed by atoms with Gasteiger partial charge in [0.25, 0.3) is 0 Å². The zero-order chi connectivity index (χ0) is 20.4. The van der Waals surface area contributed by atoms with E-state index in [1.807, 2.05) is 0 Å². The van der Waals surface area contributed by atoms with E-state index in [-0.39, 0.29) is 11.4 Å². The second kappa shape index (κ2) is 7.68. The zero-order valence-electron chi connectivity index (χ0n) is 15.1. The van der Waals surface area contributed by atoms with E-state index < -0.39 is 27.8 Å². The third-order valence-corrected chi connectivity index (χ3v) is 6.58. The van der Waals surface area contributed by atoms with Crippen molar-refractivity contribution in [2.24, 2.45) is 0 Å². The Morgan fingerprint density at radius 1 is 1.17 bits per heavy atom. The first-order valence-electron chi connectivity index (χ1n) is 8.87. The van der Waals surface area contributed by atoms with Gasteiger partial charge in [0.15, 0.2) is 0 Å². The lowest BCUT2D eigenvalue weighted by molar-refractivity contribution is -0.119. The Morgan fingerprint density at radius 3 is 2.69 bits per heavy atom. The lowest BCUT2D eigenvalue weighted by atomic mass is 10.2. The minimum absolute atomic E-state index is 0.0423. The summed E-state index contributed by atoms with van der Waals surface area (Å²) in [7, 11) is -3.91. The van der Waals surface area contributed by atoms with Gasteiger partial charge in [0.1, 0.15) is 18.2 Å². The minimum Gasteiger partial charge on any atom is -0.325 e. The lowest BCUT2D eigenvalue weighted by Gasteiger charge is -2.23. The number of nitrogens with one attached hydrogen (secondary N) is 1. The Bertz CT molecular complexity index is 1120. The smallest absolute Gasteiger partial charge is 0.243 e. The summed E-state index contributed by atoms with van der Waals surface area (Å²) in [5.41, 5.74) is 1.14. The number of sulfonamides is 1. The number of nitrogens with zero attached hydrogens (tertiary/aromatic N) is 5. The van der Waals surface area contributed by atoms with Crippen LogP contribution in [-0.4, -0.2) is 51.4 Å². The van der Waals surface area contributed by atoms with Crippen molar-refractivity contribution >= 4 is 21.6 Å². The summed E-state index contributed by atoms with van der Waals surface area (Å²) in [6, 6.07) is 10.6. The molecule has 2 aromatic carbocycles. The quantitative estimate of drug-likeness (QED) is 0.676. The molecule has 11 heteroatoms. The van der Waals surface area contributed by atoms with Crippen LogP contribution in [0, 0.1) is 5.82 Å². The van der Waals surface area contributed by atoms with Crippen LogP contribution < -0.4 is 5.32 Å². The largest absolute Gasteiger partial charge is 0.325 e. The molecule has 1 aliphatic heterocycles. The van der Waals surface area contributed by atoms with E-state index in [2.05, 4.69) is 20.8 Å². The monoisotopic (exact) mass is 416 g/mol. The van der Waals surface area contributed by atoms with E-state index in [0.717, 1.165) is 12.1 Å². The predicted molar refractivity (Wildman–Crippen MR) is 101 cm³/mol. The van der Waals surface area contributed by atoms with E-state index in [1.54, 1.807) is 24.3 Å². The predicted octanol–water partition coefficient (Wildman–Crippen LogP) is 1.59. The number of halogens is 1. The summed E-state index contributed by atoms with van der Waals surface area (Å²) >= 11 is 0. The maximum Gasteiger partial charge on any atom is 0.243 e. The molecule has 1 saturated heterocycles. The molecule has 29 heavy (non-hydrogen) atoms. The van der Waals surface area contributed by atoms with Gasteiger partial charge >= 0.3 is 0 Å². The van der Waals surface area contributed by atoms with Gasteiger partial charge in [-0.25, -0.2) is 17.5 Å². The van der Waals surface area contributed by atoms with E-state index in [1.165, 1.54) is 27.4 Å². The molecule has 0 unspecified atom stereocenters. The van der Waals surface area contributed by atoms with E-state index >= 15 is 0 Å². The van der Waals surface area contributed by atoms with Crippen LogP contribution in [0.1, 0.15) is 12.8 Å². The molecule has 0 saturated carbocycles. The number of rotatable bonds is 5. The SMILES string of the molecule is O=C(Nc1cccc(-n2cnnn2)c1)[C@H]1CCCN1S(=O)(=O)c1ccc(F)cc1. The molecule has 1 aliphatic rings. The number of carbonyl (C=O) groups excluding carboxylic acids is 1. The third kappa shape index (κ3) is 3.87. The maximum absolute atomic E-state index is 13.1. The molecular formula is C18H17FN6O3S. The van der Waals surface area contributed by atoms with Crippen LogP contribution in [0.4, 0.5) is 10.1 Å². The molecule has 1 atom stereocenters. The molecule has 1 amide bonds. The normalized spacial score (nSPS) is 17.3. The van der Waals surface area contributed by atoms with Gasteiger partial charge in [-0.2, -0.15) is 4.31 Å². The molecule has 0 aliphatic carbocycles. The number of hydrogen-bond acceptors (Lipinski definition) is 6. The number of hydrogen-bond donors (Lipinski definition) is 1. The summed E-state index contributed by atoms with van der Waals surface area (Å²) in [6.07, 6.45) is 2.39. The van der Waals surface area contributed by atoms with Crippen LogP contribution in [0.5, 0.6) is 0 Å². The standard InChI is InChI=1S/C18H17FN6O3S/c19-13-6-8-16(9-7-13)29(27,28)25-10-2-5-17(25)18(26)21-14-3-1-4-15(11-14)24-12-20-22-23-24/h1,3-4,6-9,11-12,17H,2,5,10H2,(H,21,26)/t17-/m1/s1. The van der Waals surface area contributed by atoms with Gasteiger partial charge in [0.05, 0.1) is 10.6 Å². The Kier molecular flexibility index (Phi) is 5.07. The molecule has 9 nitrogen and oxygen atoms in total. The molecule has 0 radical (unpaired) electrons. The van der Waals surface area contributed by atoms with Crippen LogP contribution >= 0.6 is 0 Å². The lowest BCUT2D eigenvalue weighted by Crippen LogP contribution is -2.43. The molecule has 3 aromatic rings. The third-order valence-electron chi connectivity index (χ3n) is 4.65. The summed E-state index contributed by atoms with van der Waals surface area (Å²) in [4.78, 5) is 12.8. The molecule has 4 rings (SSSR count). The van der Waals surface area contributed by atoms with Crippen LogP contribution in [-0.2, 0) is 14.8 Å². The van der Waals surface area contributed by atoms with E-state index in [4.69, 9.17) is 0 Å². The number of benzene rings is 2. The van der Waals surface area contributed by atoms with Crippen molar-refractivity contribution in [3.8, 4) is 5.69 Å². The van der Waals surface area contributed by atoms with Gasteiger partial charge in [-0.05, 0) is 65.7 Å². The topological polar surface area (TPSA) is 110 Å². The highest BCUT2D eigenvalue weighted by Crippen LogP contribution is 2.27. The number of tetrazole rings is 1. The van der Waals surface area contributed by atoms with Crippen LogP contribution in [0.25, 0.3) is 5.69 Å². The molecule has 1 fully saturated rings. The first-order valence-corrected chi connectivity index (χ1v) is 10.3. The highest BCUT2D eigenvalue weighted by Gasteiger charge is 2.39. The molecule has 0 spiro atoms. The first-order chi connectivity index (χ1) is 13.9. The van der Waals surface area contributed by atoms with Gasteiger partial charge in [-0.1, -0.05) is 6.07 Å². The Labute approximate surface area is 166 Å². The maximum atomic E-state index is 13.1. The van der Waals surface area contributed by atoms with Crippen LogP contribution in [0.15, 0.2) is 59.8 Å².